The van der Waals surface area contributed by atoms with Gasteiger partial charge in [-0.2, -0.15) is 0 Å². The molecule has 32 heavy (non-hydrogen) atoms. The van der Waals surface area contributed by atoms with Gasteiger partial charge in [-0.05, 0) is 49.9 Å². The number of hydrogen-bond donors (Lipinski definition) is 0. The number of ether oxygens (including phenoxy) is 1. The first kappa shape index (κ1) is 23.9. The van der Waals surface area contributed by atoms with Gasteiger partial charge in [0.15, 0.2) is 0 Å². The molecule has 4 aromatic rings. The van der Waals surface area contributed by atoms with Gasteiger partial charge < -0.3 is 4.74 Å². The minimum absolute atomic E-state index is 0.0927. The van der Waals surface area contributed by atoms with E-state index in [4.69, 9.17) is 14.7 Å². The highest BCUT2D eigenvalue weighted by Gasteiger charge is 2.23. The van der Waals surface area contributed by atoms with E-state index < -0.39 is 0 Å². The number of hydrogen-bond acceptors (Lipinski definition) is 5. The molecule has 2 heterocycles. The van der Waals surface area contributed by atoms with Crippen LogP contribution in [0.15, 0.2) is 53.9 Å². The summed E-state index contributed by atoms with van der Waals surface area (Å²) in [4.78, 5) is 14.2. The van der Waals surface area contributed by atoms with Crippen LogP contribution in [0.1, 0.15) is 56.8 Å². The van der Waals surface area contributed by atoms with Crippen LogP contribution in [-0.4, -0.2) is 22.1 Å². The van der Waals surface area contributed by atoms with Gasteiger partial charge in [0.05, 0.1) is 28.8 Å². The minimum atomic E-state index is 0.0927. The average molecular weight is 448 g/mol. The van der Waals surface area contributed by atoms with Crippen molar-refractivity contribution in [3.63, 3.8) is 0 Å². The number of methoxy groups -OCH3 is 1. The van der Waals surface area contributed by atoms with Crippen LogP contribution in [0.25, 0.3) is 22.3 Å². The van der Waals surface area contributed by atoms with Crippen molar-refractivity contribution in [2.45, 2.75) is 59.3 Å². The lowest BCUT2D eigenvalue weighted by atomic mass is 9.84. The van der Waals surface area contributed by atoms with Crippen LogP contribution in [0, 0.1) is 6.92 Å². The van der Waals surface area contributed by atoms with Crippen molar-refractivity contribution in [2.75, 3.05) is 7.11 Å². The van der Waals surface area contributed by atoms with E-state index in [1.807, 2.05) is 38.1 Å². The largest absolute Gasteiger partial charge is 0.479 e. The van der Waals surface area contributed by atoms with Crippen molar-refractivity contribution >= 4 is 22.4 Å². The standard InChI is InChI=1S/C25H27N3OS.C2H6/c1-17-26-22(16-30-17)25(2,3)14-8-10-18-9-7-11-19(15-18)23-24(29-4)28-21-13-6-5-12-20(21)27-23;1-2/h5-7,9,11-13,15-16H,8,10,14H2,1-4H3;1-2H3. The number of benzene rings is 2. The van der Waals surface area contributed by atoms with Gasteiger partial charge in [-0.15, -0.1) is 11.3 Å². The van der Waals surface area contributed by atoms with Gasteiger partial charge in [-0.25, -0.2) is 15.0 Å². The Bertz CT molecular complexity index is 1170. The number of aryl methyl sites for hydroxylation is 2. The van der Waals surface area contributed by atoms with Crippen molar-refractivity contribution < 1.29 is 4.74 Å². The molecule has 5 heteroatoms. The van der Waals surface area contributed by atoms with Crippen LogP contribution in [0.4, 0.5) is 0 Å². The molecule has 0 aliphatic heterocycles. The van der Waals surface area contributed by atoms with Gasteiger partial charge >= 0.3 is 0 Å². The highest BCUT2D eigenvalue weighted by Crippen LogP contribution is 2.32. The van der Waals surface area contributed by atoms with Gasteiger partial charge in [-0.1, -0.05) is 58.0 Å². The number of aromatic nitrogens is 3. The van der Waals surface area contributed by atoms with Crippen molar-refractivity contribution in [3.05, 3.63) is 70.2 Å². The minimum Gasteiger partial charge on any atom is -0.479 e. The molecule has 2 aromatic heterocycles. The van der Waals surface area contributed by atoms with E-state index in [9.17, 15) is 0 Å². The highest BCUT2D eigenvalue weighted by atomic mass is 32.1. The second kappa shape index (κ2) is 10.7. The normalized spacial score (nSPS) is 11.2. The lowest BCUT2D eigenvalue weighted by Gasteiger charge is -2.22. The molecule has 168 valence electrons. The Morgan fingerprint density at radius 3 is 2.31 bits per heavy atom. The molecule has 0 amide bonds. The lowest BCUT2D eigenvalue weighted by Crippen LogP contribution is -2.17. The van der Waals surface area contributed by atoms with E-state index in [2.05, 4.69) is 55.4 Å². The molecule has 0 spiro atoms. The molecule has 0 saturated heterocycles. The molecule has 0 N–H and O–H groups in total. The van der Waals surface area contributed by atoms with Gasteiger partial charge in [0.1, 0.15) is 5.69 Å². The first-order chi connectivity index (χ1) is 15.5. The maximum atomic E-state index is 5.54. The highest BCUT2D eigenvalue weighted by molar-refractivity contribution is 7.09. The summed E-state index contributed by atoms with van der Waals surface area (Å²) >= 11 is 1.73. The third kappa shape index (κ3) is 5.52. The predicted molar refractivity (Wildman–Crippen MR) is 136 cm³/mol. The average Bonchev–Trinajstić information content (AvgIpc) is 3.27. The zero-order valence-electron chi connectivity index (χ0n) is 20.0. The van der Waals surface area contributed by atoms with Crippen molar-refractivity contribution in [1.82, 2.24) is 15.0 Å². The number of thiazole rings is 1. The fourth-order valence-corrected chi connectivity index (χ4v) is 4.53. The zero-order chi connectivity index (χ0) is 23.1. The molecule has 0 atom stereocenters. The van der Waals surface area contributed by atoms with Crippen LogP contribution in [0.3, 0.4) is 0 Å². The molecule has 0 aliphatic rings. The van der Waals surface area contributed by atoms with Crippen LogP contribution in [0.5, 0.6) is 5.88 Å². The maximum absolute atomic E-state index is 5.54. The van der Waals surface area contributed by atoms with E-state index in [1.54, 1.807) is 18.4 Å². The molecule has 4 nitrogen and oxygen atoms in total. The molecule has 0 bridgehead atoms. The summed E-state index contributed by atoms with van der Waals surface area (Å²) in [7, 11) is 1.65. The Balaban J connectivity index is 0.00000141. The molecular weight excluding hydrogens is 414 g/mol. The van der Waals surface area contributed by atoms with E-state index in [0.29, 0.717) is 5.88 Å². The zero-order valence-corrected chi connectivity index (χ0v) is 20.8. The van der Waals surface area contributed by atoms with Crippen LogP contribution < -0.4 is 4.74 Å². The number of rotatable bonds is 7. The summed E-state index contributed by atoms with van der Waals surface area (Å²) < 4.78 is 5.54. The summed E-state index contributed by atoms with van der Waals surface area (Å²) in [6, 6.07) is 16.4. The van der Waals surface area contributed by atoms with E-state index in [1.165, 1.54) is 11.3 Å². The van der Waals surface area contributed by atoms with Crippen molar-refractivity contribution in [1.29, 1.82) is 0 Å². The molecule has 0 aliphatic carbocycles. The molecule has 2 aromatic carbocycles. The Hall–Kier alpha value is -2.79. The van der Waals surface area contributed by atoms with Gasteiger partial charge in [0, 0.05) is 16.4 Å². The first-order valence-corrected chi connectivity index (χ1v) is 12.2. The lowest BCUT2D eigenvalue weighted by molar-refractivity contribution is 0.400. The molecular formula is C27H33N3OS. The van der Waals surface area contributed by atoms with E-state index >= 15 is 0 Å². The second-order valence-electron chi connectivity index (χ2n) is 8.26. The third-order valence-electron chi connectivity index (χ3n) is 5.51. The summed E-state index contributed by atoms with van der Waals surface area (Å²) in [5.41, 5.74) is 6.14. The predicted octanol–water partition coefficient (Wildman–Crippen LogP) is 7.40. The maximum Gasteiger partial charge on any atom is 0.240 e. The SMILES string of the molecule is CC.COc1nc2ccccc2nc1-c1cccc(CCCC(C)(C)c2csc(C)n2)c1. The number of nitrogens with zero attached hydrogens (tertiary/aromatic N) is 3. The smallest absolute Gasteiger partial charge is 0.240 e. The monoisotopic (exact) mass is 447 g/mol. The molecule has 4 rings (SSSR count). The Kier molecular flexibility index (Phi) is 7.97. The quantitative estimate of drug-likeness (QED) is 0.296. The fourth-order valence-electron chi connectivity index (χ4n) is 3.73. The summed E-state index contributed by atoms with van der Waals surface area (Å²) in [5, 5.41) is 3.33. The van der Waals surface area contributed by atoms with Crippen molar-refractivity contribution in [2.24, 2.45) is 0 Å². The van der Waals surface area contributed by atoms with Crippen LogP contribution >= 0.6 is 11.3 Å². The Labute approximate surface area is 195 Å². The first-order valence-electron chi connectivity index (χ1n) is 11.3. The van der Waals surface area contributed by atoms with Gasteiger partial charge in [0.2, 0.25) is 5.88 Å². The number of para-hydroxylation sites is 2. The van der Waals surface area contributed by atoms with Crippen LogP contribution in [0.2, 0.25) is 0 Å². The van der Waals surface area contributed by atoms with Crippen LogP contribution in [-0.2, 0) is 11.8 Å². The topological polar surface area (TPSA) is 47.9 Å². The summed E-state index contributed by atoms with van der Waals surface area (Å²) in [6.45, 7) is 10.6. The second-order valence-corrected chi connectivity index (χ2v) is 9.32. The van der Waals surface area contributed by atoms with E-state index in [0.717, 1.165) is 46.6 Å². The Morgan fingerprint density at radius 1 is 0.938 bits per heavy atom. The Morgan fingerprint density at radius 2 is 1.66 bits per heavy atom. The van der Waals surface area contributed by atoms with E-state index in [-0.39, 0.29) is 5.41 Å². The fraction of sp³-hybridized carbons (Fsp3) is 0.370. The van der Waals surface area contributed by atoms with Crippen molar-refractivity contribution in [3.8, 4) is 17.1 Å². The molecule has 0 radical (unpaired) electrons. The third-order valence-corrected chi connectivity index (χ3v) is 6.29. The summed E-state index contributed by atoms with van der Waals surface area (Å²) in [6.07, 6.45) is 3.22. The summed E-state index contributed by atoms with van der Waals surface area (Å²) in [5.74, 6) is 0.561. The number of fused-ring (bicyclic) bond motifs is 1. The molecule has 0 saturated carbocycles. The van der Waals surface area contributed by atoms with Gasteiger partial charge in [-0.3, -0.25) is 0 Å². The molecule has 0 unspecified atom stereocenters. The molecule has 0 fully saturated rings. The van der Waals surface area contributed by atoms with Gasteiger partial charge in [0.25, 0.3) is 0 Å².